The van der Waals surface area contributed by atoms with E-state index in [2.05, 4.69) is 140 Å². The summed E-state index contributed by atoms with van der Waals surface area (Å²) >= 11 is 0. The first-order valence-corrected chi connectivity index (χ1v) is 32.2. The van der Waals surface area contributed by atoms with E-state index in [1.807, 2.05) is 0 Å². The number of carbonyl (C=O) groups is 4. The van der Waals surface area contributed by atoms with Gasteiger partial charge >= 0.3 is 0 Å². The number of benzene rings is 8. The molecule has 428 valence electrons. The normalized spacial score (nSPS) is 15.0. The van der Waals surface area contributed by atoms with Crippen molar-refractivity contribution in [1.82, 2.24) is 9.80 Å². The van der Waals surface area contributed by atoms with Crippen LogP contribution in [0.4, 0.5) is 0 Å². The van der Waals surface area contributed by atoms with Gasteiger partial charge in [0.1, 0.15) is 0 Å². The van der Waals surface area contributed by atoms with Crippen molar-refractivity contribution in [2.24, 2.45) is 23.7 Å². The van der Waals surface area contributed by atoms with Crippen LogP contribution >= 0.6 is 0 Å². The Labute approximate surface area is 489 Å². The summed E-state index contributed by atoms with van der Waals surface area (Å²) < 4.78 is 0. The maximum absolute atomic E-state index is 15.3. The molecule has 0 saturated heterocycles. The third kappa shape index (κ3) is 11.4. The predicted octanol–water partition coefficient (Wildman–Crippen LogP) is 20.1. The molecule has 0 aliphatic carbocycles. The second-order valence-electron chi connectivity index (χ2n) is 24.7. The predicted molar refractivity (Wildman–Crippen MR) is 343 cm³/mol. The van der Waals surface area contributed by atoms with Gasteiger partial charge in [-0.15, -0.1) is 0 Å². The fourth-order valence-corrected chi connectivity index (χ4v) is 14.4. The lowest BCUT2D eigenvalue weighted by atomic mass is 9.83. The van der Waals surface area contributed by atoms with E-state index in [9.17, 15) is 0 Å². The highest BCUT2D eigenvalue weighted by Gasteiger charge is 2.40. The van der Waals surface area contributed by atoms with Crippen LogP contribution in [0.1, 0.15) is 233 Å². The minimum atomic E-state index is -0.411. The molecule has 4 unspecified atom stereocenters. The number of imide groups is 2. The average molecular weight is 1100 g/mol. The molecule has 0 N–H and O–H groups in total. The van der Waals surface area contributed by atoms with Gasteiger partial charge in [-0.2, -0.15) is 0 Å². The molecule has 6 nitrogen and oxygen atoms in total. The van der Waals surface area contributed by atoms with Crippen molar-refractivity contribution in [1.29, 1.82) is 0 Å². The smallest absolute Gasteiger partial charge is 0.261 e. The molecule has 4 atom stereocenters. The van der Waals surface area contributed by atoms with Gasteiger partial charge in [-0.25, -0.2) is 0 Å². The number of nitrogens with zero attached hydrogens (tertiary/aromatic N) is 2. The topological polar surface area (TPSA) is 74.8 Å². The van der Waals surface area contributed by atoms with Crippen LogP contribution in [-0.2, 0) is 38.8 Å². The molecule has 2 aliphatic rings. The average Bonchev–Trinajstić information content (AvgIpc) is 3.52. The summed E-state index contributed by atoms with van der Waals surface area (Å²) in [7, 11) is 0. The molecule has 8 aromatic carbocycles. The van der Waals surface area contributed by atoms with E-state index in [1.165, 1.54) is 131 Å². The largest absolute Gasteiger partial charge is 0.270 e. The molecule has 10 rings (SSSR count). The van der Waals surface area contributed by atoms with Gasteiger partial charge < -0.3 is 0 Å². The van der Waals surface area contributed by atoms with Crippen LogP contribution in [0.5, 0.6) is 0 Å². The minimum absolute atomic E-state index is 0.0899. The van der Waals surface area contributed by atoms with E-state index in [4.69, 9.17) is 0 Å². The maximum atomic E-state index is 15.3. The third-order valence-electron chi connectivity index (χ3n) is 19.6. The van der Waals surface area contributed by atoms with Gasteiger partial charge in [-0.1, -0.05) is 231 Å². The standard InChI is InChI=1S/C76H90N2O4/c1-9-17-25-49(13-5)41-53-29-21-33-57-65(53)45-66-54(42-50(14-6)26-18-10-2)30-22-34-58(66)69(57)47-77-73(79)61-37-39-63-72-64(40-38-62(71(61)72)74(77)80)76(82)78(75(63)81)48-70-59-35-23-31-55(43-51(15-7)27-19-11-3)67(59)46-68-56(32-24-36-60(68)70)44-52(16-8)28-20-12-4/h21-24,29-40,45-46,49-52H,9-20,25-28,41-44,47-48H2,1-8H3. The van der Waals surface area contributed by atoms with E-state index >= 15 is 19.2 Å². The highest BCUT2D eigenvalue weighted by Crippen LogP contribution is 2.43. The SMILES string of the molecule is CCCCC(CC)Cc1cccc2c(CN3C(=O)c4ccc5c6c(ccc(c46)C3=O)C(=O)N(Cc3c4cccc(CC(CC)CCCC)c4cc4c(CC(CC)CCCC)cccc34)C5=O)c3cccc(CC(CC)CCCC)c3cc12. The van der Waals surface area contributed by atoms with E-state index < -0.39 is 23.6 Å². The van der Waals surface area contributed by atoms with E-state index in [0.29, 0.717) is 56.7 Å². The molecular formula is C76H90N2O4. The molecule has 0 radical (unpaired) electrons. The summed E-state index contributed by atoms with van der Waals surface area (Å²) in [6.07, 6.45) is 22.6. The van der Waals surface area contributed by atoms with Crippen molar-refractivity contribution in [2.45, 2.75) is 197 Å². The van der Waals surface area contributed by atoms with E-state index in [1.54, 1.807) is 24.3 Å². The molecule has 0 bridgehead atoms. The number of fused-ring (bicyclic) bond motifs is 4. The van der Waals surface area contributed by atoms with Crippen molar-refractivity contribution >= 4 is 77.5 Å². The number of hydrogen-bond donors (Lipinski definition) is 0. The quantitative estimate of drug-likeness (QED) is 0.0362. The second kappa shape index (κ2) is 26.3. The first kappa shape index (κ1) is 58.5. The highest BCUT2D eigenvalue weighted by atomic mass is 16.2. The fraction of sp³-hybridized carbons (Fsp3) is 0.447. The molecule has 8 aromatic rings. The molecule has 2 aliphatic heterocycles. The summed E-state index contributed by atoms with van der Waals surface area (Å²) in [6.45, 7) is 18.5. The Hall–Kier alpha value is -6.66. The zero-order chi connectivity index (χ0) is 57.6. The Morgan fingerprint density at radius 3 is 0.780 bits per heavy atom. The number of carbonyl (C=O) groups excluding carboxylic acids is 4. The van der Waals surface area contributed by atoms with Gasteiger partial charge in [0, 0.05) is 33.0 Å². The maximum Gasteiger partial charge on any atom is 0.261 e. The van der Waals surface area contributed by atoms with Crippen LogP contribution in [0.15, 0.2) is 109 Å². The van der Waals surface area contributed by atoms with Crippen molar-refractivity contribution in [3.05, 3.63) is 165 Å². The van der Waals surface area contributed by atoms with Crippen molar-refractivity contribution in [3.63, 3.8) is 0 Å². The van der Waals surface area contributed by atoms with Crippen LogP contribution < -0.4 is 0 Å². The first-order chi connectivity index (χ1) is 40.0. The lowest BCUT2D eigenvalue weighted by molar-refractivity contribution is 0.0578. The molecule has 2 heterocycles. The van der Waals surface area contributed by atoms with E-state index in [-0.39, 0.29) is 13.1 Å². The highest BCUT2D eigenvalue weighted by molar-refractivity contribution is 6.33. The number of hydrogen-bond acceptors (Lipinski definition) is 4. The summed E-state index contributed by atoms with van der Waals surface area (Å²) in [5, 5.41) is 9.87. The molecule has 0 spiro atoms. The minimum Gasteiger partial charge on any atom is -0.270 e. The molecule has 0 saturated carbocycles. The molecule has 6 heteroatoms. The molecule has 4 amide bonds. The van der Waals surface area contributed by atoms with Gasteiger partial charge in [0.2, 0.25) is 0 Å². The first-order valence-electron chi connectivity index (χ1n) is 32.2. The van der Waals surface area contributed by atoms with Crippen LogP contribution in [-0.4, -0.2) is 33.4 Å². The van der Waals surface area contributed by atoms with Crippen LogP contribution in [0.3, 0.4) is 0 Å². The van der Waals surface area contributed by atoms with Crippen LogP contribution in [0.25, 0.3) is 53.9 Å². The monoisotopic (exact) mass is 1090 g/mol. The molecule has 82 heavy (non-hydrogen) atoms. The lowest BCUT2D eigenvalue weighted by Crippen LogP contribution is -2.42. The number of unbranched alkanes of at least 4 members (excludes halogenated alkanes) is 4. The van der Waals surface area contributed by atoms with E-state index in [0.717, 1.165) is 84.0 Å². The number of amides is 4. The third-order valence-corrected chi connectivity index (χ3v) is 19.6. The molecule has 0 aromatic heterocycles. The summed E-state index contributed by atoms with van der Waals surface area (Å²) in [4.78, 5) is 64.0. The van der Waals surface area contributed by atoms with Gasteiger partial charge in [0.15, 0.2) is 0 Å². The summed E-state index contributed by atoms with van der Waals surface area (Å²) in [5.74, 6) is 0.597. The zero-order valence-electron chi connectivity index (χ0n) is 50.8. The Morgan fingerprint density at radius 2 is 0.561 bits per heavy atom. The fourth-order valence-electron chi connectivity index (χ4n) is 14.4. The van der Waals surface area contributed by atoms with Gasteiger partial charge in [-0.3, -0.25) is 29.0 Å². The number of rotatable bonds is 28. The summed E-state index contributed by atoms with van der Waals surface area (Å²) in [6, 6.07) is 38.2. The summed E-state index contributed by atoms with van der Waals surface area (Å²) in [5.41, 5.74) is 8.56. The van der Waals surface area contributed by atoms with Crippen molar-refractivity contribution in [3.8, 4) is 0 Å². The zero-order valence-corrected chi connectivity index (χ0v) is 50.8. The van der Waals surface area contributed by atoms with Gasteiger partial charge in [-0.05, 0) is 162 Å². The van der Waals surface area contributed by atoms with Crippen LogP contribution in [0.2, 0.25) is 0 Å². The molecular weight excluding hydrogens is 1000 g/mol. The Kier molecular flexibility index (Phi) is 18.8. The van der Waals surface area contributed by atoms with Gasteiger partial charge in [0.05, 0.1) is 13.1 Å². The van der Waals surface area contributed by atoms with Gasteiger partial charge in [0.25, 0.3) is 23.6 Å². The Morgan fingerprint density at radius 1 is 0.317 bits per heavy atom. The lowest BCUT2D eigenvalue weighted by Gasteiger charge is -2.33. The van der Waals surface area contributed by atoms with Crippen molar-refractivity contribution in [2.75, 3.05) is 0 Å². The van der Waals surface area contributed by atoms with Crippen LogP contribution in [0, 0.1) is 23.7 Å². The second-order valence-corrected chi connectivity index (χ2v) is 24.7. The molecule has 0 fully saturated rings. The Balaban J connectivity index is 1.04. The van der Waals surface area contributed by atoms with Crippen molar-refractivity contribution < 1.29 is 19.2 Å². The Bertz CT molecular complexity index is 3220.